The van der Waals surface area contributed by atoms with Crippen LogP contribution in [0.2, 0.25) is 0 Å². The number of carbonyl (C=O) groups is 2. The monoisotopic (exact) mass is 212 g/mol. The Hall–Kier alpha value is -2.23. The van der Waals surface area contributed by atoms with Crippen molar-refractivity contribution in [1.29, 1.82) is 0 Å². The Labute approximate surface area is 91.7 Å². The van der Waals surface area contributed by atoms with E-state index < -0.39 is 0 Å². The first-order valence-electron chi connectivity index (χ1n) is 4.98. The predicted molar refractivity (Wildman–Crippen MR) is 57.1 cm³/mol. The Balaban J connectivity index is 2.26. The highest BCUT2D eigenvalue weighted by molar-refractivity contribution is 6.27. The zero-order chi connectivity index (χ0) is 11.1. The predicted octanol–water partition coefficient (Wildman–Crippen LogP) is 0.874. The molecule has 0 amide bonds. The average molecular weight is 212 g/mol. The van der Waals surface area contributed by atoms with Crippen molar-refractivity contribution >= 4 is 11.6 Å². The lowest BCUT2D eigenvalue weighted by Gasteiger charge is -2.21. The summed E-state index contributed by atoms with van der Waals surface area (Å²) in [5.74, 6) is -0.337. The molecule has 1 aromatic heterocycles. The summed E-state index contributed by atoms with van der Waals surface area (Å²) in [6.45, 7) is 0.577. The maximum Gasteiger partial charge on any atom is 0.214 e. The molecule has 1 N–H and O–H groups in total. The van der Waals surface area contributed by atoms with Crippen LogP contribution >= 0.6 is 0 Å². The summed E-state index contributed by atoms with van der Waals surface area (Å²) in [6.07, 6.45) is 5.02. The molecule has 0 aromatic carbocycles. The second kappa shape index (κ2) is 3.13. The number of hydrogen-bond acceptors (Lipinski definition) is 4. The minimum Gasteiger partial charge on any atom is -0.378 e. The molecule has 0 saturated carbocycles. The third kappa shape index (κ3) is 1.07. The molecule has 0 spiro atoms. The van der Waals surface area contributed by atoms with Crippen molar-refractivity contribution in [3.63, 3.8) is 0 Å². The second-order valence-corrected chi connectivity index (χ2v) is 3.63. The van der Waals surface area contributed by atoms with E-state index in [1.807, 2.05) is 6.08 Å². The zero-order valence-corrected chi connectivity index (χ0v) is 8.36. The van der Waals surface area contributed by atoms with Gasteiger partial charge in [0.05, 0.1) is 16.8 Å². The van der Waals surface area contributed by atoms with Crippen LogP contribution in [0.4, 0.5) is 0 Å². The summed E-state index contributed by atoms with van der Waals surface area (Å²) in [6, 6.07) is 3.29. The first kappa shape index (κ1) is 9.03. The highest BCUT2D eigenvalue weighted by atomic mass is 16.1. The van der Waals surface area contributed by atoms with E-state index in [1.54, 1.807) is 18.2 Å². The van der Waals surface area contributed by atoms with Gasteiger partial charge in [0.25, 0.3) is 0 Å². The second-order valence-electron chi connectivity index (χ2n) is 3.63. The number of dihydropyridines is 1. The fraction of sp³-hybridized carbons (Fsp3) is 0.0833. The molecular weight excluding hydrogens is 204 g/mol. The summed E-state index contributed by atoms with van der Waals surface area (Å²) < 4.78 is 0. The van der Waals surface area contributed by atoms with Gasteiger partial charge in [0, 0.05) is 12.7 Å². The van der Waals surface area contributed by atoms with Gasteiger partial charge in [-0.15, -0.1) is 0 Å². The first-order chi connectivity index (χ1) is 7.79. The Morgan fingerprint density at radius 2 is 2.12 bits per heavy atom. The van der Waals surface area contributed by atoms with Gasteiger partial charge in [-0.25, -0.2) is 0 Å². The molecule has 2 heterocycles. The highest BCUT2D eigenvalue weighted by Crippen LogP contribution is 2.25. The van der Waals surface area contributed by atoms with Crippen LogP contribution in [0.1, 0.15) is 20.8 Å². The molecule has 3 rings (SSSR count). The van der Waals surface area contributed by atoms with Gasteiger partial charge >= 0.3 is 0 Å². The Bertz CT molecular complexity index is 570. The first-order valence-corrected chi connectivity index (χ1v) is 4.98. The van der Waals surface area contributed by atoms with E-state index in [1.165, 1.54) is 6.20 Å². The summed E-state index contributed by atoms with van der Waals surface area (Å²) in [5, 5.41) is 2.94. The smallest absolute Gasteiger partial charge is 0.214 e. The van der Waals surface area contributed by atoms with Gasteiger partial charge in [-0.05, 0) is 12.1 Å². The quantitative estimate of drug-likeness (QED) is 0.693. The molecule has 1 aliphatic heterocycles. The molecule has 16 heavy (non-hydrogen) atoms. The van der Waals surface area contributed by atoms with E-state index >= 15 is 0 Å². The molecule has 1 aliphatic carbocycles. The van der Waals surface area contributed by atoms with Gasteiger partial charge in [0.2, 0.25) is 11.6 Å². The minimum atomic E-state index is -0.186. The number of ketones is 2. The van der Waals surface area contributed by atoms with Crippen LogP contribution in [0.15, 0.2) is 41.8 Å². The fourth-order valence-electron chi connectivity index (χ4n) is 1.94. The van der Waals surface area contributed by atoms with E-state index in [2.05, 4.69) is 10.3 Å². The minimum absolute atomic E-state index is 0.151. The lowest BCUT2D eigenvalue weighted by Crippen LogP contribution is -2.32. The fourth-order valence-corrected chi connectivity index (χ4v) is 1.94. The molecule has 0 radical (unpaired) electrons. The topological polar surface area (TPSA) is 59.1 Å². The number of rotatable bonds is 0. The van der Waals surface area contributed by atoms with Crippen molar-refractivity contribution in [2.75, 3.05) is 6.54 Å². The van der Waals surface area contributed by atoms with Crippen LogP contribution in [0.25, 0.3) is 0 Å². The maximum atomic E-state index is 12.1. The molecule has 2 aliphatic rings. The van der Waals surface area contributed by atoms with Gasteiger partial charge < -0.3 is 5.32 Å². The number of carbonyl (C=O) groups excluding carboxylic acids is 2. The largest absolute Gasteiger partial charge is 0.378 e. The number of Topliss-reactive ketones (excluding diaryl/α,β-unsaturated/α-hetero) is 2. The Kier molecular flexibility index (Phi) is 1.77. The van der Waals surface area contributed by atoms with Gasteiger partial charge in [-0.1, -0.05) is 12.2 Å². The molecule has 4 nitrogen and oxygen atoms in total. The molecule has 0 bridgehead atoms. The van der Waals surface area contributed by atoms with Crippen LogP contribution in [0.5, 0.6) is 0 Å². The summed E-state index contributed by atoms with van der Waals surface area (Å²) >= 11 is 0. The van der Waals surface area contributed by atoms with Gasteiger partial charge in [-0.2, -0.15) is 0 Å². The number of fused-ring (bicyclic) bond motifs is 1. The molecular formula is C12H8N2O2. The summed E-state index contributed by atoms with van der Waals surface area (Å²) in [4.78, 5) is 28.1. The Morgan fingerprint density at radius 1 is 1.25 bits per heavy atom. The number of hydrogen-bond donors (Lipinski definition) is 1. The van der Waals surface area contributed by atoms with Crippen LogP contribution in [-0.4, -0.2) is 23.1 Å². The van der Waals surface area contributed by atoms with Crippen molar-refractivity contribution in [2.24, 2.45) is 0 Å². The standard InChI is InChI=1S/C12H8N2O2/c15-11-7-3-1-5-13-9(7)12(16)8-4-2-6-14-10(8)11/h1-5,14H,6H2. The Morgan fingerprint density at radius 3 is 3.00 bits per heavy atom. The van der Waals surface area contributed by atoms with Crippen molar-refractivity contribution in [3.05, 3.63) is 53.0 Å². The van der Waals surface area contributed by atoms with Gasteiger partial charge in [0.15, 0.2) is 0 Å². The third-order valence-corrected chi connectivity index (χ3v) is 2.69. The normalized spacial score (nSPS) is 18.0. The molecule has 1 aromatic rings. The third-order valence-electron chi connectivity index (χ3n) is 2.69. The van der Waals surface area contributed by atoms with Crippen LogP contribution in [0, 0.1) is 0 Å². The summed E-state index contributed by atoms with van der Waals surface area (Å²) in [7, 11) is 0. The molecule has 0 unspecified atom stereocenters. The number of aromatic nitrogens is 1. The highest BCUT2D eigenvalue weighted by Gasteiger charge is 2.32. The zero-order valence-electron chi connectivity index (χ0n) is 8.36. The lowest BCUT2D eigenvalue weighted by atomic mass is 9.89. The van der Waals surface area contributed by atoms with Crippen LogP contribution < -0.4 is 5.32 Å². The maximum absolute atomic E-state index is 12.1. The molecule has 0 saturated heterocycles. The van der Waals surface area contributed by atoms with E-state index in [4.69, 9.17) is 0 Å². The van der Waals surface area contributed by atoms with E-state index in [-0.39, 0.29) is 17.3 Å². The molecule has 4 heteroatoms. The molecule has 0 fully saturated rings. The SMILES string of the molecule is O=C1C2=C(C=CCN2)C(=O)c2ncccc21. The van der Waals surface area contributed by atoms with E-state index in [0.29, 0.717) is 23.4 Å². The van der Waals surface area contributed by atoms with E-state index in [0.717, 1.165) is 0 Å². The van der Waals surface area contributed by atoms with Crippen molar-refractivity contribution in [1.82, 2.24) is 10.3 Å². The number of nitrogens with one attached hydrogen (secondary N) is 1. The van der Waals surface area contributed by atoms with Gasteiger partial charge in [-0.3, -0.25) is 14.6 Å². The van der Waals surface area contributed by atoms with Crippen molar-refractivity contribution in [3.8, 4) is 0 Å². The van der Waals surface area contributed by atoms with Crippen LogP contribution in [0.3, 0.4) is 0 Å². The van der Waals surface area contributed by atoms with Crippen LogP contribution in [-0.2, 0) is 0 Å². The number of allylic oxidation sites excluding steroid dienone is 3. The summed E-state index contributed by atoms with van der Waals surface area (Å²) in [5.41, 5.74) is 1.45. The van der Waals surface area contributed by atoms with E-state index in [9.17, 15) is 9.59 Å². The van der Waals surface area contributed by atoms with Gasteiger partial charge in [0.1, 0.15) is 5.69 Å². The number of pyridine rings is 1. The molecule has 78 valence electrons. The molecule has 0 atom stereocenters. The van der Waals surface area contributed by atoms with Crippen molar-refractivity contribution < 1.29 is 9.59 Å². The van der Waals surface area contributed by atoms with Crippen molar-refractivity contribution in [2.45, 2.75) is 0 Å². The lowest BCUT2D eigenvalue weighted by molar-refractivity contribution is 0.0967. The number of nitrogens with zero attached hydrogens (tertiary/aromatic N) is 1. The average Bonchev–Trinajstić information content (AvgIpc) is 2.36.